The van der Waals surface area contributed by atoms with E-state index in [-0.39, 0.29) is 25.0 Å². The molecule has 4 rings (SSSR count). The first-order valence-electron chi connectivity index (χ1n) is 10.7. The van der Waals surface area contributed by atoms with Gasteiger partial charge in [0.2, 0.25) is 5.91 Å². The van der Waals surface area contributed by atoms with Crippen LogP contribution >= 0.6 is 0 Å². The molecule has 1 fully saturated rings. The number of rotatable bonds is 7. The zero-order valence-corrected chi connectivity index (χ0v) is 18.1. The molecule has 7 nitrogen and oxygen atoms in total. The molecule has 1 heterocycles. The maximum atomic E-state index is 12.6. The largest absolute Gasteiger partial charge is 0.469 e. The van der Waals surface area contributed by atoms with Crippen molar-refractivity contribution in [3.05, 3.63) is 102 Å². The van der Waals surface area contributed by atoms with E-state index in [4.69, 9.17) is 9.47 Å². The number of amides is 3. The third kappa shape index (κ3) is 5.38. The quantitative estimate of drug-likeness (QED) is 0.430. The average Bonchev–Trinajstić information content (AvgIpc) is 2.83. The fourth-order valence-corrected chi connectivity index (χ4v) is 3.44. The summed E-state index contributed by atoms with van der Waals surface area (Å²) in [6.45, 7) is 2.04. The molecular weight excluding hydrogens is 420 g/mol. The molecule has 1 saturated heterocycles. The second-order valence-electron chi connectivity index (χ2n) is 7.71. The first-order valence-corrected chi connectivity index (χ1v) is 10.7. The number of benzene rings is 3. The van der Waals surface area contributed by atoms with E-state index in [1.165, 1.54) is 0 Å². The first-order chi connectivity index (χ1) is 16.0. The minimum absolute atomic E-state index is 0.105. The summed E-state index contributed by atoms with van der Waals surface area (Å²) in [5, 5.41) is 2.82. The molecule has 0 radical (unpaired) electrons. The third-order valence-electron chi connectivity index (χ3n) is 5.34. The molecule has 3 amide bonds. The topological polar surface area (TPSA) is 84.9 Å². The Morgan fingerprint density at radius 2 is 1.61 bits per heavy atom. The van der Waals surface area contributed by atoms with Crippen LogP contribution in [0.4, 0.5) is 4.79 Å². The fourth-order valence-electron chi connectivity index (χ4n) is 3.44. The molecule has 3 aromatic carbocycles. The van der Waals surface area contributed by atoms with Gasteiger partial charge in [-0.2, -0.15) is 0 Å². The van der Waals surface area contributed by atoms with Crippen molar-refractivity contribution in [2.75, 3.05) is 0 Å². The van der Waals surface area contributed by atoms with Crippen LogP contribution < -0.4 is 10.1 Å². The maximum Gasteiger partial charge on any atom is 0.338 e. The van der Waals surface area contributed by atoms with Crippen molar-refractivity contribution in [1.29, 1.82) is 0 Å². The minimum atomic E-state index is -0.698. The molecule has 3 aromatic rings. The highest BCUT2D eigenvalue weighted by atomic mass is 16.5. The van der Waals surface area contributed by atoms with E-state index < -0.39 is 18.2 Å². The van der Waals surface area contributed by atoms with Gasteiger partial charge in [0.15, 0.2) is 6.23 Å². The first kappa shape index (κ1) is 22.1. The highest BCUT2D eigenvalue weighted by Crippen LogP contribution is 2.25. The summed E-state index contributed by atoms with van der Waals surface area (Å²) in [5.74, 6) is -0.306. The van der Waals surface area contributed by atoms with Gasteiger partial charge < -0.3 is 14.8 Å². The van der Waals surface area contributed by atoms with Crippen LogP contribution in [-0.4, -0.2) is 29.0 Å². The predicted molar refractivity (Wildman–Crippen MR) is 121 cm³/mol. The van der Waals surface area contributed by atoms with E-state index in [0.717, 1.165) is 16.0 Å². The van der Waals surface area contributed by atoms with Gasteiger partial charge in [0, 0.05) is 0 Å². The van der Waals surface area contributed by atoms with Crippen LogP contribution in [0.15, 0.2) is 84.9 Å². The SMILES string of the molecule is CC(NC(=O)N1C(=O)CC1Oc1ccc(C(=O)OCc2ccccc2)cc1)c1ccccc1. The Balaban J connectivity index is 1.31. The molecule has 2 atom stereocenters. The summed E-state index contributed by atoms with van der Waals surface area (Å²) in [6, 6.07) is 24.6. The Kier molecular flexibility index (Phi) is 6.69. The summed E-state index contributed by atoms with van der Waals surface area (Å²) in [4.78, 5) is 38.0. The van der Waals surface area contributed by atoms with Gasteiger partial charge >= 0.3 is 12.0 Å². The number of carbonyl (C=O) groups excluding carboxylic acids is 3. The molecule has 2 unspecified atom stereocenters. The summed E-state index contributed by atoms with van der Waals surface area (Å²) < 4.78 is 11.1. The minimum Gasteiger partial charge on any atom is -0.469 e. The molecule has 33 heavy (non-hydrogen) atoms. The van der Waals surface area contributed by atoms with Crippen molar-refractivity contribution >= 4 is 17.9 Å². The molecule has 168 valence electrons. The Morgan fingerprint density at radius 3 is 2.24 bits per heavy atom. The lowest BCUT2D eigenvalue weighted by molar-refractivity contribution is -0.152. The normalized spacial score (nSPS) is 15.8. The lowest BCUT2D eigenvalue weighted by Gasteiger charge is -2.38. The lowest BCUT2D eigenvalue weighted by Crippen LogP contribution is -2.61. The van der Waals surface area contributed by atoms with E-state index in [1.807, 2.05) is 67.6 Å². The summed E-state index contributed by atoms with van der Waals surface area (Å²) in [5.41, 5.74) is 2.22. The van der Waals surface area contributed by atoms with E-state index in [9.17, 15) is 14.4 Å². The van der Waals surface area contributed by atoms with Crippen LogP contribution in [0.3, 0.4) is 0 Å². The number of esters is 1. The molecule has 0 bridgehead atoms. The monoisotopic (exact) mass is 444 g/mol. The van der Waals surface area contributed by atoms with Crippen LogP contribution in [0.2, 0.25) is 0 Å². The number of carbonyl (C=O) groups is 3. The second kappa shape index (κ2) is 9.99. The number of likely N-dealkylation sites (tertiary alicyclic amines) is 1. The number of urea groups is 1. The number of imide groups is 1. The van der Waals surface area contributed by atoms with Crippen LogP contribution in [0.1, 0.15) is 40.9 Å². The smallest absolute Gasteiger partial charge is 0.338 e. The molecule has 7 heteroatoms. The van der Waals surface area contributed by atoms with Gasteiger partial charge in [-0.3, -0.25) is 4.79 Å². The van der Waals surface area contributed by atoms with Crippen LogP contribution in [0.25, 0.3) is 0 Å². The van der Waals surface area contributed by atoms with E-state index >= 15 is 0 Å². The highest BCUT2D eigenvalue weighted by Gasteiger charge is 2.43. The van der Waals surface area contributed by atoms with E-state index in [1.54, 1.807) is 24.3 Å². The maximum absolute atomic E-state index is 12.6. The van der Waals surface area contributed by atoms with Gasteiger partial charge in [-0.15, -0.1) is 0 Å². The molecule has 1 aliphatic heterocycles. The predicted octanol–water partition coefficient (Wildman–Crippen LogP) is 4.45. The Bertz CT molecular complexity index is 1120. The molecule has 0 aliphatic carbocycles. The van der Waals surface area contributed by atoms with Gasteiger partial charge in [-0.25, -0.2) is 14.5 Å². The number of β-lactam (4-membered cyclic amide) rings is 1. The van der Waals surface area contributed by atoms with E-state index in [0.29, 0.717) is 11.3 Å². The van der Waals surface area contributed by atoms with Crippen LogP contribution in [-0.2, 0) is 16.1 Å². The number of nitrogens with zero attached hydrogens (tertiary/aromatic N) is 1. The Hall–Kier alpha value is -4.13. The number of hydrogen-bond donors (Lipinski definition) is 1. The molecular formula is C26H24N2O5. The van der Waals surface area contributed by atoms with Gasteiger partial charge in [0.25, 0.3) is 0 Å². The van der Waals surface area contributed by atoms with Gasteiger partial charge in [0.05, 0.1) is 18.0 Å². The van der Waals surface area contributed by atoms with Crippen LogP contribution in [0, 0.1) is 0 Å². The average molecular weight is 444 g/mol. The van der Waals surface area contributed by atoms with Crippen molar-refractivity contribution in [1.82, 2.24) is 10.2 Å². The summed E-state index contributed by atoms with van der Waals surface area (Å²) in [6.07, 6.45) is -0.593. The molecule has 1 aliphatic rings. The summed E-state index contributed by atoms with van der Waals surface area (Å²) in [7, 11) is 0. The van der Waals surface area contributed by atoms with Crippen molar-refractivity contribution in [2.24, 2.45) is 0 Å². The van der Waals surface area contributed by atoms with Crippen molar-refractivity contribution < 1.29 is 23.9 Å². The van der Waals surface area contributed by atoms with Crippen molar-refractivity contribution in [2.45, 2.75) is 32.2 Å². The molecule has 0 spiro atoms. The Labute approximate surface area is 191 Å². The molecule has 1 N–H and O–H groups in total. The number of nitrogens with one attached hydrogen (secondary N) is 1. The zero-order chi connectivity index (χ0) is 23.2. The number of hydrogen-bond acceptors (Lipinski definition) is 5. The lowest BCUT2D eigenvalue weighted by atomic mass is 10.1. The second-order valence-corrected chi connectivity index (χ2v) is 7.71. The van der Waals surface area contributed by atoms with E-state index in [2.05, 4.69) is 5.32 Å². The van der Waals surface area contributed by atoms with Crippen LogP contribution in [0.5, 0.6) is 5.75 Å². The third-order valence-corrected chi connectivity index (χ3v) is 5.34. The summed E-state index contributed by atoms with van der Waals surface area (Å²) >= 11 is 0. The number of ether oxygens (including phenoxy) is 2. The fraction of sp³-hybridized carbons (Fsp3) is 0.192. The zero-order valence-electron chi connectivity index (χ0n) is 18.1. The van der Waals surface area contributed by atoms with Gasteiger partial charge in [-0.05, 0) is 42.3 Å². The molecule has 0 saturated carbocycles. The van der Waals surface area contributed by atoms with Crippen molar-refractivity contribution in [3.63, 3.8) is 0 Å². The van der Waals surface area contributed by atoms with Gasteiger partial charge in [-0.1, -0.05) is 60.7 Å². The standard InChI is InChI=1S/C26H24N2O5/c1-18(20-10-6-3-7-11-20)27-26(31)28-23(29)16-24(28)33-22-14-12-21(13-15-22)25(30)32-17-19-8-4-2-5-9-19/h2-15,18,24H,16-17H2,1H3,(H,27,31). The van der Waals surface area contributed by atoms with Gasteiger partial charge in [0.1, 0.15) is 12.4 Å². The molecule has 0 aromatic heterocycles. The van der Waals surface area contributed by atoms with Crippen molar-refractivity contribution in [3.8, 4) is 5.75 Å². The highest BCUT2D eigenvalue weighted by molar-refractivity contribution is 5.99. The Morgan fingerprint density at radius 1 is 0.970 bits per heavy atom.